The van der Waals surface area contributed by atoms with Crippen molar-refractivity contribution < 1.29 is 18.7 Å². The van der Waals surface area contributed by atoms with E-state index in [0.717, 1.165) is 11.1 Å². The molecule has 1 atom stereocenters. The maximum atomic E-state index is 13.2. The summed E-state index contributed by atoms with van der Waals surface area (Å²) in [4.78, 5) is 12.1. The van der Waals surface area contributed by atoms with Crippen LogP contribution in [0.3, 0.4) is 0 Å². The summed E-state index contributed by atoms with van der Waals surface area (Å²) in [6.07, 6.45) is 0. The van der Waals surface area contributed by atoms with Crippen LogP contribution < -0.4 is 10.1 Å². The molecule has 5 heteroatoms. The number of carbonyl (C=O) groups excluding carboxylic acids is 1. The van der Waals surface area contributed by atoms with E-state index in [4.69, 9.17) is 9.47 Å². The number of carbonyl (C=O) groups is 1. The van der Waals surface area contributed by atoms with E-state index in [1.807, 2.05) is 54.6 Å². The topological polar surface area (TPSA) is 47.6 Å². The molecule has 0 unspecified atom stereocenters. The first-order valence-corrected chi connectivity index (χ1v) is 9.12. The molecule has 0 spiro atoms. The molecule has 148 valence electrons. The molecule has 0 fully saturated rings. The second kappa shape index (κ2) is 9.55. The summed E-state index contributed by atoms with van der Waals surface area (Å²) in [5, 5.41) is 3.21. The Labute approximate surface area is 169 Å². The van der Waals surface area contributed by atoms with Gasteiger partial charge in [-0.05, 0) is 47.5 Å². The summed E-state index contributed by atoms with van der Waals surface area (Å²) in [6, 6.07) is 22.6. The Morgan fingerprint density at radius 1 is 1.00 bits per heavy atom. The molecule has 0 bridgehead atoms. The normalized spacial score (nSPS) is 11.4. The van der Waals surface area contributed by atoms with E-state index < -0.39 is 12.0 Å². The second-order valence-electron chi connectivity index (χ2n) is 6.44. The van der Waals surface area contributed by atoms with Gasteiger partial charge in [0.25, 0.3) is 0 Å². The summed E-state index contributed by atoms with van der Waals surface area (Å²) >= 11 is 0. The van der Waals surface area contributed by atoms with Crippen molar-refractivity contribution in [1.29, 1.82) is 0 Å². The number of hydrogen-bond donors (Lipinski definition) is 1. The molecule has 0 heterocycles. The van der Waals surface area contributed by atoms with Gasteiger partial charge in [-0.2, -0.15) is 0 Å². The zero-order chi connectivity index (χ0) is 20.6. The fraction of sp³-hybridized carbons (Fsp3) is 0.125. The van der Waals surface area contributed by atoms with Crippen molar-refractivity contribution in [2.45, 2.75) is 12.6 Å². The largest absolute Gasteiger partial charge is 0.489 e. The number of anilines is 1. The summed E-state index contributed by atoms with van der Waals surface area (Å²) in [6.45, 7) is 4.34. The van der Waals surface area contributed by atoms with E-state index in [1.165, 1.54) is 19.2 Å². The lowest BCUT2D eigenvalue weighted by Gasteiger charge is -2.22. The minimum atomic E-state index is -0.531. The smallest absolute Gasteiger partial charge is 0.335 e. The number of esters is 1. The average molecular weight is 391 g/mol. The Kier molecular flexibility index (Phi) is 6.63. The molecular weight excluding hydrogens is 369 g/mol. The number of rotatable bonds is 8. The van der Waals surface area contributed by atoms with Gasteiger partial charge in [-0.15, -0.1) is 0 Å². The van der Waals surface area contributed by atoms with E-state index in [2.05, 4.69) is 11.9 Å². The highest BCUT2D eigenvalue weighted by Gasteiger charge is 2.21. The van der Waals surface area contributed by atoms with Gasteiger partial charge in [0, 0.05) is 5.69 Å². The van der Waals surface area contributed by atoms with Crippen LogP contribution in [0.5, 0.6) is 5.75 Å². The molecule has 0 amide bonds. The van der Waals surface area contributed by atoms with Crippen LogP contribution in [-0.4, -0.2) is 13.1 Å². The molecule has 0 radical (unpaired) electrons. The van der Waals surface area contributed by atoms with Crippen LogP contribution in [0.15, 0.2) is 91.0 Å². The maximum absolute atomic E-state index is 13.2. The van der Waals surface area contributed by atoms with Crippen molar-refractivity contribution in [3.8, 4) is 5.75 Å². The van der Waals surface area contributed by atoms with Crippen molar-refractivity contribution in [2.24, 2.45) is 0 Å². The van der Waals surface area contributed by atoms with Gasteiger partial charge in [-0.25, -0.2) is 9.18 Å². The van der Waals surface area contributed by atoms with Crippen LogP contribution in [0, 0.1) is 5.82 Å². The molecule has 3 rings (SSSR count). The van der Waals surface area contributed by atoms with Gasteiger partial charge in [0.2, 0.25) is 0 Å². The second-order valence-corrected chi connectivity index (χ2v) is 6.44. The minimum absolute atomic E-state index is 0.245. The van der Waals surface area contributed by atoms with Gasteiger partial charge in [0.1, 0.15) is 18.2 Å². The monoisotopic (exact) mass is 391 g/mol. The van der Waals surface area contributed by atoms with E-state index in [0.29, 0.717) is 18.0 Å². The van der Waals surface area contributed by atoms with E-state index in [9.17, 15) is 9.18 Å². The lowest BCUT2D eigenvalue weighted by Crippen LogP contribution is -2.19. The van der Waals surface area contributed by atoms with Crippen molar-refractivity contribution in [2.75, 3.05) is 12.4 Å². The molecule has 0 aliphatic heterocycles. The first kappa shape index (κ1) is 20.1. The van der Waals surface area contributed by atoms with E-state index in [-0.39, 0.29) is 11.4 Å². The molecule has 0 aliphatic rings. The summed E-state index contributed by atoms with van der Waals surface area (Å²) in [5.74, 6) is -0.144. The van der Waals surface area contributed by atoms with Crippen molar-refractivity contribution in [1.82, 2.24) is 0 Å². The molecule has 0 aliphatic carbocycles. The van der Waals surface area contributed by atoms with Crippen molar-refractivity contribution in [3.63, 3.8) is 0 Å². The summed E-state index contributed by atoms with van der Waals surface area (Å²) in [7, 11) is 1.31. The first-order chi connectivity index (χ1) is 14.1. The summed E-state index contributed by atoms with van der Waals surface area (Å²) < 4.78 is 23.8. The van der Waals surface area contributed by atoms with Crippen LogP contribution in [0.25, 0.3) is 0 Å². The third-order valence-corrected chi connectivity index (χ3v) is 4.41. The lowest BCUT2D eigenvalue weighted by molar-refractivity contribution is -0.136. The third kappa shape index (κ3) is 5.45. The quantitative estimate of drug-likeness (QED) is 0.419. The Morgan fingerprint density at radius 3 is 2.28 bits per heavy atom. The van der Waals surface area contributed by atoms with Gasteiger partial charge in [0.05, 0.1) is 18.7 Å². The minimum Gasteiger partial charge on any atom is -0.489 e. The Hall–Kier alpha value is -3.60. The third-order valence-electron chi connectivity index (χ3n) is 4.41. The number of benzene rings is 3. The number of ether oxygens (including phenoxy) is 2. The molecule has 0 saturated heterocycles. The Bertz CT molecular complexity index is 954. The van der Waals surface area contributed by atoms with Crippen LogP contribution in [0.1, 0.15) is 17.2 Å². The van der Waals surface area contributed by atoms with Gasteiger partial charge in [-0.3, -0.25) is 0 Å². The molecule has 4 nitrogen and oxygen atoms in total. The van der Waals surface area contributed by atoms with Gasteiger partial charge in [0.15, 0.2) is 0 Å². The van der Waals surface area contributed by atoms with Gasteiger partial charge in [-0.1, -0.05) is 49.0 Å². The van der Waals surface area contributed by atoms with Gasteiger partial charge < -0.3 is 14.8 Å². The highest BCUT2D eigenvalue weighted by molar-refractivity contribution is 5.90. The lowest BCUT2D eigenvalue weighted by atomic mass is 9.99. The van der Waals surface area contributed by atoms with E-state index >= 15 is 0 Å². The SMILES string of the molecule is C=C(C(=O)OC)[C@H](Nc1ccc(F)cc1)c1ccc(OCc2ccccc2)cc1. The molecule has 1 N–H and O–H groups in total. The highest BCUT2D eigenvalue weighted by atomic mass is 19.1. The van der Waals surface area contributed by atoms with Gasteiger partial charge >= 0.3 is 5.97 Å². The van der Waals surface area contributed by atoms with Crippen LogP contribution in [-0.2, 0) is 16.1 Å². The standard InChI is InChI=1S/C24H22FNO3/c1-17(24(27)28-2)23(26-21-12-10-20(25)11-13-21)19-8-14-22(15-9-19)29-16-18-6-4-3-5-7-18/h3-15,23,26H,1,16H2,2H3/t23-/m0/s1. The first-order valence-electron chi connectivity index (χ1n) is 9.12. The molecule has 3 aromatic rings. The fourth-order valence-electron chi connectivity index (χ4n) is 2.83. The molecule has 3 aromatic carbocycles. The van der Waals surface area contributed by atoms with Crippen LogP contribution >= 0.6 is 0 Å². The van der Waals surface area contributed by atoms with Crippen molar-refractivity contribution in [3.05, 3.63) is 108 Å². The fourth-order valence-corrected chi connectivity index (χ4v) is 2.83. The Morgan fingerprint density at radius 2 is 1.66 bits per heavy atom. The van der Waals surface area contributed by atoms with E-state index in [1.54, 1.807) is 12.1 Å². The number of nitrogens with one attached hydrogen (secondary N) is 1. The molecule has 0 aromatic heterocycles. The van der Waals surface area contributed by atoms with Crippen molar-refractivity contribution >= 4 is 11.7 Å². The number of halogens is 1. The predicted molar refractivity (Wildman–Crippen MR) is 111 cm³/mol. The number of hydrogen-bond acceptors (Lipinski definition) is 4. The highest BCUT2D eigenvalue weighted by Crippen LogP contribution is 2.28. The molecular formula is C24H22FNO3. The summed E-state index contributed by atoms with van der Waals surface area (Å²) in [5.41, 5.74) is 2.78. The predicted octanol–water partition coefficient (Wildman–Crippen LogP) is 5.29. The van der Waals surface area contributed by atoms with Crippen LogP contribution in [0.4, 0.5) is 10.1 Å². The zero-order valence-corrected chi connectivity index (χ0v) is 16.1. The maximum Gasteiger partial charge on any atom is 0.335 e. The van der Waals surface area contributed by atoms with Crippen LogP contribution in [0.2, 0.25) is 0 Å². The number of methoxy groups -OCH3 is 1. The zero-order valence-electron chi connectivity index (χ0n) is 16.1. The Balaban J connectivity index is 1.76. The molecule has 29 heavy (non-hydrogen) atoms. The molecule has 0 saturated carbocycles. The average Bonchev–Trinajstić information content (AvgIpc) is 2.77.